The van der Waals surface area contributed by atoms with Gasteiger partial charge in [-0.3, -0.25) is 9.59 Å². The number of nitrogens with one attached hydrogen (secondary N) is 1. The van der Waals surface area contributed by atoms with E-state index in [0.717, 1.165) is 0 Å². The van der Waals surface area contributed by atoms with E-state index < -0.39 is 12.0 Å². The van der Waals surface area contributed by atoms with E-state index in [1.54, 1.807) is 18.2 Å². The van der Waals surface area contributed by atoms with E-state index >= 15 is 0 Å². The molecule has 4 N–H and O–H groups in total. The van der Waals surface area contributed by atoms with E-state index in [9.17, 15) is 9.59 Å². The second-order valence-corrected chi connectivity index (χ2v) is 4.97. The number of carbonyl (C=O) groups is 2. The number of amides is 1. The Labute approximate surface area is 121 Å². The van der Waals surface area contributed by atoms with Crippen molar-refractivity contribution in [1.82, 2.24) is 0 Å². The van der Waals surface area contributed by atoms with Crippen LogP contribution in [-0.2, 0) is 9.59 Å². The van der Waals surface area contributed by atoms with Crippen LogP contribution < -0.4 is 15.8 Å². The molecule has 0 aliphatic carbocycles. The highest BCUT2D eigenvalue weighted by Gasteiger charge is 2.13. The molecular formula is C13H18N2O4S. The molecule has 1 aromatic rings. The van der Waals surface area contributed by atoms with Crippen molar-refractivity contribution in [3.8, 4) is 5.75 Å². The van der Waals surface area contributed by atoms with Crippen LogP contribution in [0, 0.1) is 0 Å². The highest BCUT2D eigenvalue weighted by molar-refractivity contribution is 8.00. The fraction of sp³-hybridized carbons (Fsp3) is 0.385. The van der Waals surface area contributed by atoms with Crippen LogP contribution in [0.25, 0.3) is 0 Å². The van der Waals surface area contributed by atoms with Gasteiger partial charge in [-0.2, -0.15) is 0 Å². The number of rotatable bonds is 8. The summed E-state index contributed by atoms with van der Waals surface area (Å²) in [6, 6.07) is 6.18. The normalized spacial score (nSPS) is 11.7. The van der Waals surface area contributed by atoms with Crippen molar-refractivity contribution in [2.75, 3.05) is 23.4 Å². The predicted octanol–water partition coefficient (Wildman–Crippen LogP) is 1.17. The second kappa shape index (κ2) is 8.44. The molecule has 0 aromatic heterocycles. The molecule has 1 atom stereocenters. The van der Waals surface area contributed by atoms with Gasteiger partial charge in [-0.1, -0.05) is 12.1 Å². The predicted molar refractivity (Wildman–Crippen MR) is 79.2 cm³/mol. The number of anilines is 1. The average molecular weight is 298 g/mol. The Morgan fingerprint density at radius 1 is 1.45 bits per heavy atom. The number of carbonyl (C=O) groups excluding carboxylic acids is 1. The van der Waals surface area contributed by atoms with Crippen LogP contribution in [0.15, 0.2) is 24.3 Å². The second-order valence-electron chi connectivity index (χ2n) is 3.94. The molecule has 0 fully saturated rings. The first-order valence-corrected chi connectivity index (χ1v) is 7.27. The number of aliphatic carboxylic acids is 1. The van der Waals surface area contributed by atoms with Gasteiger partial charge in [0.15, 0.2) is 0 Å². The number of para-hydroxylation sites is 2. The molecule has 0 saturated carbocycles. The minimum Gasteiger partial charge on any atom is -0.492 e. The summed E-state index contributed by atoms with van der Waals surface area (Å²) in [6.45, 7) is 2.37. The van der Waals surface area contributed by atoms with Crippen molar-refractivity contribution in [1.29, 1.82) is 0 Å². The van der Waals surface area contributed by atoms with Crippen LogP contribution in [0.3, 0.4) is 0 Å². The summed E-state index contributed by atoms with van der Waals surface area (Å²) in [4.78, 5) is 22.3. The smallest absolute Gasteiger partial charge is 0.321 e. The van der Waals surface area contributed by atoms with Gasteiger partial charge in [0.2, 0.25) is 5.91 Å². The van der Waals surface area contributed by atoms with Gasteiger partial charge in [0.1, 0.15) is 11.8 Å². The van der Waals surface area contributed by atoms with Crippen molar-refractivity contribution in [3.05, 3.63) is 24.3 Å². The summed E-state index contributed by atoms with van der Waals surface area (Å²) in [6.07, 6.45) is 0. The first-order valence-electron chi connectivity index (χ1n) is 6.12. The maximum Gasteiger partial charge on any atom is 0.321 e. The number of carboxylic acids is 1. The molecule has 1 aromatic carbocycles. The van der Waals surface area contributed by atoms with Gasteiger partial charge in [-0.05, 0) is 19.1 Å². The minimum absolute atomic E-state index is 0.140. The summed E-state index contributed by atoms with van der Waals surface area (Å²) < 4.78 is 5.39. The molecule has 0 radical (unpaired) electrons. The Bertz CT molecular complexity index is 467. The van der Waals surface area contributed by atoms with Crippen molar-refractivity contribution >= 4 is 29.3 Å². The lowest BCUT2D eigenvalue weighted by Gasteiger charge is -2.11. The number of benzene rings is 1. The number of carboxylic acid groups (broad SMARTS) is 1. The quantitative estimate of drug-likeness (QED) is 0.666. The Balaban J connectivity index is 2.44. The Morgan fingerprint density at radius 2 is 2.15 bits per heavy atom. The third-order valence-corrected chi connectivity index (χ3v) is 3.37. The van der Waals surface area contributed by atoms with Crippen molar-refractivity contribution in [3.63, 3.8) is 0 Å². The number of hydrogen-bond acceptors (Lipinski definition) is 5. The zero-order chi connectivity index (χ0) is 15.0. The standard InChI is InChI=1S/C13H18N2O4S/c1-2-19-11-6-4-3-5-10(11)15-12(16)8-20-7-9(14)13(17)18/h3-6,9H,2,7-8,14H2,1H3,(H,15,16)(H,17,18). The van der Waals surface area contributed by atoms with Crippen molar-refractivity contribution in [2.45, 2.75) is 13.0 Å². The van der Waals surface area contributed by atoms with Gasteiger partial charge < -0.3 is 20.9 Å². The minimum atomic E-state index is -1.07. The van der Waals surface area contributed by atoms with E-state index in [4.69, 9.17) is 15.6 Å². The van der Waals surface area contributed by atoms with E-state index in [-0.39, 0.29) is 17.4 Å². The number of nitrogens with two attached hydrogens (primary N) is 1. The van der Waals surface area contributed by atoms with E-state index in [1.807, 2.05) is 13.0 Å². The van der Waals surface area contributed by atoms with Gasteiger partial charge in [0, 0.05) is 5.75 Å². The zero-order valence-corrected chi connectivity index (χ0v) is 12.0. The molecule has 1 unspecified atom stereocenters. The van der Waals surface area contributed by atoms with Crippen molar-refractivity contribution in [2.24, 2.45) is 5.73 Å². The molecule has 0 bridgehead atoms. The number of hydrogen-bond donors (Lipinski definition) is 3. The average Bonchev–Trinajstić information content (AvgIpc) is 2.41. The molecule has 1 rings (SSSR count). The molecule has 20 heavy (non-hydrogen) atoms. The van der Waals surface area contributed by atoms with Gasteiger partial charge in [-0.25, -0.2) is 0 Å². The fourth-order valence-corrected chi connectivity index (χ4v) is 2.16. The van der Waals surface area contributed by atoms with E-state index in [2.05, 4.69) is 5.32 Å². The largest absolute Gasteiger partial charge is 0.492 e. The van der Waals surface area contributed by atoms with Gasteiger partial charge in [0.25, 0.3) is 0 Å². The highest BCUT2D eigenvalue weighted by atomic mass is 32.2. The topological polar surface area (TPSA) is 102 Å². The van der Waals surface area contributed by atoms with Crippen LogP contribution in [-0.4, -0.2) is 41.1 Å². The highest BCUT2D eigenvalue weighted by Crippen LogP contribution is 2.23. The number of ether oxygens (including phenoxy) is 1. The van der Waals surface area contributed by atoms with Gasteiger partial charge >= 0.3 is 5.97 Å². The lowest BCUT2D eigenvalue weighted by molar-refractivity contribution is -0.137. The van der Waals surface area contributed by atoms with Crippen LogP contribution >= 0.6 is 11.8 Å². The summed E-state index contributed by atoms with van der Waals surface area (Å²) in [7, 11) is 0. The van der Waals surface area contributed by atoms with Crippen molar-refractivity contribution < 1.29 is 19.4 Å². The summed E-state index contributed by atoms with van der Waals surface area (Å²) in [5.41, 5.74) is 5.95. The van der Waals surface area contributed by atoms with Crippen LogP contribution in [0.5, 0.6) is 5.75 Å². The Kier molecular flexibility index (Phi) is 6.89. The molecule has 1 amide bonds. The van der Waals surface area contributed by atoms with Crippen LogP contribution in [0.4, 0.5) is 5.69 Å². The van der Waals surface area contributed by atoms with Crippen LogP contribution in [0.2, 0.25) is 0 Å². The molecule has 7 heteroatoms. The van der Waals surface area contributed by atoms with Crippen LogP contribution in [0.1, 0.15) is 6.92 Å². The molecular weight excluding hydrogens is 280 g/mol. The maximum absolute atomic E-state index is 11.7. The first kappa shape index (κ1) is 16.3. The zero-order valence-electron chi connectivity index (χ0n) is 11.2. The molecule has 6 nitrogen and oxygen atoms in total. The maximum atomic E-state index is 11.7. The summed E-state index contributed by atoms with van der Waals surface area (Å²) in [5.74, 6) is -0.355. The molecule has 0 aliphatic rings. The van der Waals surface area contributed by atoms with Gasteiger partial charge in [0.05, 0.1) is 18.0 Å². The third kappa shape index (κ3) is 5.50. The van der Waals surface area contributed by atoms with E-state index in [1.165, 1.54) is 11.8 Å². The first-order chi connectivity index (χ1) is 9.54. The SMILES string of the molecule is CCOc1ccccc1NC(=O)CSCC(N)C(=O)O. The Hall–Kier alpha value is -1.73. The molecule has 0 spiro atoms. The lowest BCUT2D eigenvalue weighted by atomic mass is 10.3. The fourth-order valence-electron chi connectivity index (χ4n) is 1.39. The van der Waals surface area contributed by atoms with E-state index in [0.29, 0.717) is 18.0 Å². The molecule has 110 valence electrons. The molecule has 0 aliphatic heterocycles. The summed E-state index contributed by atoms with van der Waals surface area (Å²) in [5, 5.41) is 11.3. The Morgan fingerprint density at radius 3 is 2.80 bits per heavy atom. The summed E-state index contributed by atoms with van der Waals surface area (Å²) >= 11 is 1.18. The number of thioether (sulfide) groups is 1. The van der Waals surface area contributed by atoms with Gasteiger partial charge in [-0.15, -0.1) is 11.8 Å². The molecule has 0 saturated heterocycles. The molecule has 0 heterocycles. The lowest BCUT2D eigenvalue weighted by Crippen LogP contribution is -2.33. The third-order valence-electron chi connectivity index (χ3n) is 2.31. The monoisotopic (exact) mass is 298 g/mol.